The lowest BCUT2D eigenvalue weighted by atomic mass is 10.1. The molecular formula is C14H25N3OS. The highest BCUT2D eigenvalue weighted by atomic mass is 32.1. The Hall–Kier alpha value is -0.650. The molecule has 0 aliphatic heterocycles. The summed E-state index contributed by atoms with van der Waals surface area (Å²) in [5, 5.41) is 14.0. The van der Waals surface area contributed by atoms with Gasteiger partial charge in [-0.25, -0.2) is 4.98 Å². The lowest BCUT2D eigenvalue weighted by Gasteiger charge is -2.18. The molecule has 1 aromatic heterocycles. The van der Waals surface area contributed by atoms with Crippen molar-refractivity contribution in [1.82, 2.24) is 10.3 Å². The van der Waals surface area contributed by atoms with Gasteiger partial charge in [-0.1, -0.05) is 6.42 Å². The fraction of sp³-hybridized carbons (Fsp3) is 0.786. The molecule has 1 saturated carbocycles. The van der Waals surface area contributed by atoms with E-state index in [1.807, 2.05) is 6.20 Å². The van der Waals surface area contributed by atoms with Crippen molar-refractivity contribution >= 4 is 16.5 Å². The molecule has 0 saturated heterocycles. The Balaban J connectivity index is 1.86. The van der Waals surface area contributed by atoms with Crippen molar-refractivity contribution in [2.45, 2.75) is 45.7 Å². The smallest absolute Gasteiger partial charge is 0.185 e. The van der Waals surface area contributed by atoms with Crippen LogP contribution in [0.4, 0.5) is 5.13 Å². The standard InChI is InChI=1S/C14H25N3OS/c1-3-17(4-2)14-16-9-12(19-14)8-15-13-7-5-6-11(13)10-18/h9,11,13,15,18H,3-8,10H2,1-2H3. The van der Waals surface area contributed by atoms with Crippen LogP contribution in [0.2, 0.25) is 0 Å². The van der Waals surface area contributed by atoms with Crippen molar-refractivity contribution < 1.29 is 5.11 Å². The number of aliphatic hydroxyl groups is 1. The number of aliphatic hydroxyl groups excluding tert-OH is 1. The number of anilines is 1. The molecule has 2 unspecified atom stereocenters. The molecule has 1 aliphatic carbocycles. The zero-order chi connectivity index (χ0) is 13.7. The van der Waals surface area contributed by atoms with E-state index < -0.39 is 0 Å². The molecule has 2 N–H and O–H groups in total. The van der Waals surface area contributed by atoms with Gasteiger partial charge in [0.2, 0.25) is 0 Å². The maximum absolute atomic E-state index is 9.32. The Kier molecular flexibility index (Phi) is 5.60. The zero-order valence-electron chi connectivity index (χ0n) is 11.9. The van der Waals surface area contributed by atoms with Crippen LogP contribution in [-0.4, -0.2) is 35.8 Å². The van der Waals surface area contributed by atoms with Crippen LogP contribution >= 0.6 is 11.3 Å². The normalized spacial score (nSPS) is 22.9. The molecular weight excluding hydrogens is 258 g/mol. The first kappa shape index (κ1) is 14.8. The Morgan fingerprint density at radius 2 is 2.21 bits per heavy atom. The molecule has 4 nitrogen and oxygen atoms in total. The summed E-state index contributed by atoms with van der Waals surface area (Å²) < 4.78 is 0. The van der Waals surface area contributed by atoms with Crippen LogP contribution in [0.25, 0.3) is 0 Å². The summed E-state index contributed by atoms with van der Waals surface area (Å²) in [6, 6.07) is 0.476. The average Bonchev–Trinajstić information content (AvgIpc) is 3.06. The molecule has 2 atom stereocenters. The SMILES string of the molecule is CCN(CC)c1ncc(CNC2CCCC2CO)s1. The van der Waals surface area contributed by atoms with Crippen molar-refractivity contribution in [3.8, 4) is 0 Å². The van der Waals surface area contributed by atoms with Crippen LogP contribution in [-0.2, 0) is 6.54 Å². The van der Waals surface area contributed by atoms with E-state index in [0.29, 0.717) is 18.6 Å². The van der Waals surface area contributed by atoms with Crippen LogP contribution < -0.4 is 10.2 Å². The molecule has 108 valence electrons. The molecule has 19 heavy (non-hydrogen) atoms. The molecule has 1 heterocycles. The molecule has 2 rings (SSSR count). The molecule has 5 heteroatoms. The number of nitrogens with zero attached hydrogens (tertiary/aromatic N) is 2. The van der Waals surface area contributed by atoms with Crippen molar-refractivity contribution in [2.24, 2.45) is 5.92 Å². The van der Waals surface area contributed by atoms with Gasteiger partial charge in [0.1, 0.15) is 0 Å². The van der Waals surface area contributed by atoms with Gasteiger partial charge in [-0.05, 0) is 32.6 Å². The minimum atomic E-state index is 0.311. The number of hydrogen-bond donors (Lipinski definition) is 2. The second-order valence-corrected chi connectivity index (χ2v) is 6.24. The molecule has 1 fully saturated rings. The predicted octanol–water partition coefficient (Wildman–Crippen LogP) is 2.24. The zero-order valence-corrected chi connectivity index (χ0v) is 12.7. The van der Waals surface area contributed by atoms with Gasteiger partial charge in [-0.2, -0.15) is 0 Å². The molecule has 1 aromatic rings. The van der Waals surface area contributed by atoms with E-state index in [1.165, 1.54) is 17.7 Å². The second-order valence-electron chi connectivity index (χ2n) is 5.14. The average molecular weight is 283 g/mol. The van der Waals surface area contributed by atoms with E-state index in [0.717, 1.165) is 31.2 Å². The molecule has 0 bridgehead atoms. The Morgan fingerprint density at radius 1 is 1.42 bits per heavy atom. The molecule has 0 radical (unpaired) electrons. The van der Waals surface area contributed by atoms with Gasteiger partial charge in [0, 0.05) is 43.4 Å². The number of nitrogens with one attached hydrogen (secondary N) is 1. The van der Waals surface area contributed by atoms with Crippen LogP contribution in [0.5, 0.6) is 0 Å². The van der Waals surface area contributed by atoms with E-state index in [4.69, 9.17) is 0 Å². The minimum absolute atomic E-state index is 0.311. The molecule has 1 aliphatic rings. The van der Waals surface area contributed by atoms with Crippen molar-refractivity contribution in [3.05, 3.63) is 11.1 Å². The fourth-order valence-corrected chi connectivity index (χ4v) is 3.76. The first-order valence-corrected chi connectivity index (χ1v) is 8.14. The van der Waals surface area contributed by atoms with Gasteiger partial charge in [0.25, 0.3) is 0 Å². The summed E-state index contributed by atoms with van der Waals surface area (Å²) in [7, 11) is 0. The highest BCUT2D eigenvalue weighted by Gasteiger charge is 2.26. The van der Waals surface area contributed by atoms with Gasteiger partial charge >= 0.3 is 0 Å². The summed E-state index contributed by atoms with van der Waals surface area (Å²) in [6.45, 7) is 7.52. The third-order valence-corrected chi connectivity index (χ3v) is 5.07. The Bertz CT molecular complexity index is 379. The van der Waals surface area contributed by atoms with Crippen LogP contribution in [0.3, 0.4) is 0 Å². The highest BCUT2D eigenvalue weighted by molar-refractivity contribution is 7.15. The van der Waals surface area contributed by atoms with Crippen molar-refractivity contribution in [2.75, 3.05) is 24.6 Å². The monoisotopic (exact) mass is 283 g/mol. The minimum Gasteiger partial charge on any atom is -0.396 e. The fourth-order valence-electron chi connectivity index (χ4n) is 2.78. The number of thiazole rings is 1. The molecule has 0 amide bonds. The summed E-state index contributed by atoms with van der Waals surface area (Å²) in [5.74, 6) is 0.440. The van der Waals surface area contributed by atoms with E-state index in [1.54, 1.807) is 11.3 Å². The van der Waals surface area contributed by atoms with E-state index >= 15 is 0 Å². The summed E-state index contributed by atoms with van der Waals surface area (Å²) >= 11 is 1.77. The quantitative estimate of drug-likeness (QED) is 0.806. The van der Waals surface area contributed by atoms with Gasteiger partial charge < -0.3 is 15.3 Å². The second kappa shape index (κ2) is 7.22. The Labute approximate surface area is 119 Å². The first-order valence-electron chi connectivity index (χ1n) is 7.32. The van der Waals surface area contributed by atoms with Crippen LogP contribution in [0, 0.1) is 5.92 Å². The lowest BCUT2D eigenvalue weighted by Crippen LogP contribution is -2.33. The van der Waals surface area contributed by atoms with Crippen LogP contribution in [0.15, 0.2) is 6.20 Å². The topological polar surface area (TPSA) is 48.4 Å². The predicted molar refractivity (Wildman–Crippen MR) is 80.7 cm³/mol. The highest BCUT2D eigenvalue weighted by Crippen LogP contribution is 2.26. The largest absolute Gasteiger partial charge is 0.396 e. The van der Waals surface area contributed by atoms with E-state index in [9.17, 15) is 5.11 Å². The van der Waals surface area contributed by atoms with Gasteiger partial charge in [-0.3, -0.25) is 0 Å². The maximum atomic E-state index is 9.32. The van der Waals surface area contributed by atoms with Crippen molar-refractivity contribution in [3.63, 3.8) is 0 Å². The van der Waals surface area contributed by atoms with Gasteiger partial charge in [0.05, 0.1) is 0 Å². The third-order valence-electron chi connectivity index (χ3n) is 4.01. The summed E-state index contributed by atoms with van der Waals surface area (Å²) in [5.41, 5.74) is 0. The third kappa shape index (κ3) is 3.68. The van der Waals surface area contributed by atoms with E-state index in [-0.39, 0.29) is 0 Å². The number of aromatic nitrogens is 1. The maximum Gasteiger partial charge on any atom is 0.185 e. The molecule has 0 aromatic carbocycles. The lowest BCUT2D eigenvalue weighted by molar-refractivity contribution is 0.205. The molecule has 0 spiro atoms. The van der Waals surface area contributed by atoms with Crippen LogP contribution in [0.1, 0.15) is 38.0 Å². The first-order chi connectivity index (χ1) is 9.28. The Morgan fingerprint density at radius 3 is 2.89 bits per heavy atom. The number of hydrogen-bond acceptors (Lipinski definition) is 5. The van der Waals surface area contributed by atoms with Gasteiger partial charge in [-0.15, -0.1) is 11.3 Å². The number of rotatable bonds is 7. The summed E-state index contributed by atoms with van der Waals surface area (Å²) in [6.07, 6.45) is 5.55. The van der Waals surface area contributed by atoms with E-state index in [2.05, 4.69) is 29.0 Å². The van der Waals surface area contributed by atoms with Crippen molar-refractivity contribution in [1.29, 1.82) is 0 Å². The van der Waals surface area contributed by atoms with Gasteiger partial charge in [0.15, 0.2) is 5.13 Å². The summed E-state index contributed by atoms with van der Waals surface area (Å²) in [4.78, 5) is 8.06.